The molecule has 0 atom stereocenters. The van der Waals surface area contributed by atoms with E-state index in [1.54, 1.807) is 6.07 Å². The van der Waals surface area contributed by atoms with Gasteiger partial charge in [-0.1, -0.05) is 12.1 Å². The van der Waals surface area contributed by atoms with Gasteiger partial charge >= 0.3 is 18.3 Å². The molecule has 1 aromatic carbocycles. The Morgan fingerprint density at radius 1 is 1.08 bits per heavy atom. The molecule has 4 nitrogen and oxygen atoms in total. The Kier molecular flexibility index (Phi) is 6.88. The molecule has 136 valence electrons. The minimum atomic E-state index is -5.08. The molecule has 0 aromatic heterocycles. The lowest BCUT2D eigenvalue weighted by Gasteiger charge is -2.25. The molecule has 0 amide bonds. The molecule has 0 spiro atoms. The van der Waals surface area contributed by atoms with Gasteiger partial charge in [0.25, 0.3) is 0 Å². The van der Waals surface area contributed by atoms with E-state index < -0.39 is 23.9 Å². The fraction of sp³-hybridized carbons (Fsp3) is 0.500. The Morgan fingerprint density at radius 2 is 1.58 bits per heavy atom. The molecule has 1 aliphatic heterocycles. The van der Waals surface area contributed by atoms with Crippen LogP contribution in [0.2, 0.25) is 0 Å². The third-order valence-corrected chi connectivity index (χ3v) is 3.01. The molecule has 1 saturated heterocycles. The van der Waals surface area contributed by atoms with E-state index in [1.165, 1.54) is 12.1 Å². The van der Waals surface area contributed by atoms with Crippen LogP contribution in [0.25, 0.3) is 0 Å². The number of hydrogen-bond donors (Lipinski definition) is 2. The molecule has 0 saturated carbocycles. The first-order chi connectivity index (χ1) is 11.0. The number of rotatable bonds is 2. The molecule has 1 heterocycles. The third-order valence-electron chi connectivity index (χ3n) is 3.01. The molecule has 0 aliphatic carbocycles. The number of ether oxygens (including phenoxy) is 1. The number of carboxylic acid groups (broad SMARTS) is 1. The predicted molar refractivity (Wildman–Crippen MR) is 71.7 cm³/mol. The highest BCUT2D eigenvalue weighted by Gasteiger charge is 2.38. The lowest BCUT2D eigenvalue weighted by molar-refractivity contribution is -0.192. The number of halogens is 6. The smallest absolute Gasteiger partial charge is 0.490 e. The summed E-state index contributed by atoms with van der Waals surface area (Å²) in [6.45, 7) is 1.58. The fourth-order valence-electron chi connectivity index (χ4n) is 1.90. The van der Waals surface area contributed by atoms with Crippen molar-refractivity contribution in [3.8, 4) is 5.75 Å². The zero-order valence-electron chi connectivity index (χ0n) is 12.2. The second-order valence-electron chi connectivity index (χ2n) is 4.86. The van der Waals surface area contributed by atoms with E-state index in [1.807, 2.05) is 0 Å². The van der Waals surface area contributed by atoms with Crippen molar-refractivity contribution in [3.05, 3.63) is 29.8 Å². The molecule has 1 aromatic rings. The molecule has 2 N–H and O–H groups in total. The Bertz CT molecular complexity index is 538. The van der Waals surface area contributed by atoms with Crippen molar-refractivity contribution in [1.82, 2.24) is 5.32 Å². The Balaban J connectivity index is 0.000000351. The summed E-state index contributed by atoms with van der Waals surface area (Å²) in [7, 11) is 0. The van der Waals surface area contributed by atoms with Crippen LogP contribution >= 0.6 is 0 Å². The maximum Gasteiger partial charge on any atom is 0.490 e. The summed E-state index contributed by atoms with van der Waals surface area (Å²) in [5.74, 6) is -2.82. The molecule has 0 radical (unpaired) electrons. The quantitative estimate of drug-likeness (QED) is 0.794. The maximum atomic E-state index is 12.7. The van der Waals surface area contributed by atoms with Crippen LogP contribution < -0.4 is 10.1 Å². The van der Waals surface area contributed by atoms with E-state index >= 15 is 0 Å². The molecular formula is C14H15F6NO3. The molecule has 1 fully saturated rings. The first kappa shape index (κ1) is 20.1. The standard InChI is InChI=1S/C12H14F3NO.C2HF3O2/c13-12(14,15)10-3-1-2-4-11(10)17-9-5-7-16-8-6-9;3-2(4,5)1(6)7/h1-4,9,16H,5-8H2;(H,6,7). The summed E-state index contributed by atoms with van der Waals surface area (Å²) >= 11 is 0. The van der Waals surface area contributed by atoms with Crippen molar-refractivity contribution in [2.45, 2.75) is 31.3 Å². The van der Waals surface area contributed by atoms with Crippen LogP contribution in [0.5, 0.6) is 5.75 Å². The number of carboxylic acids is 1. The van der Waals surface area contributed by atoms with Gasteiger partial charge in [0.2, 0.25) is 0 Å². The predicted octanol–water partition coefficient (Wildman–Crippen LogP) is 3.47. The molecular weight excluding hydrogens is 344 g/mol. The van der Waals surface area contributed by atoms with Gasteiger partial charge < -0.3 is 15.2 Å². The van der Waals surface area contributed by atoms with E-state index in [0.717, 1.165) is 32.0 Å². The number of nitrogens with one attached hydrogen (secondary N) is 1. The van der Waals surface area contributed by atoms with Crippen LogP contribution in [0.3, 0.4) is 0 Å². The zero-order valence-corrected chi connectivity index (χ0v) is 12.2. The highest BCUT2D eigenvalue weighted by atomic mass is 19.4. The van der Waals surface area contributed by atoms with Gasteiger partial charge in [-0.2, -0.15) is 26.3 Å². The van der Waals surface area contributed by atoms with Gasteiger partial charge in [0.05, 0.1) is 5.56 Å². The maximum absolute atomic E-state index is 12.7. The number of benzene rings is 1. The molecule has 10 heteroatoms. The van der Waals surface area contributed by atoms with E-state index in [-0.39, 0.29) is 11.9 Å². The van der Waals surface area contributed by atoms with E-state index in [0.29, 0.717) is 0 Å². The Hall–Kier alpha value is -1.97. The molecule has 0 unspecified atom stereocenters. The first-order valence-electron chi connectivity index (χ1n) is 6.85. The van der Waals surface area contributed by atoms with Gasteiger partial charge in [-0.3, -0.25) is 0 Å². The minimum absolute atomic E-state index is 0.0631. The van der Waals surface area contributed by atoms with E-state index in [9.17, 15) is 26.3 Å². The van der Waals surface area contributed by atoms with Crippen LogP contribution in [-0.2, 0) is 11.0 Å². The normalized spacial score (nSPS) is 16.1. The van der Waals surface area contributed by atoms with Crippen LogP contribution in [0.1, 0.15) is 18.4 Å². The summed E-state index contributed by atoms with van der Waals surface area (Å²) in [6, 6.07) is 5.37. The first-order valence-corrected chi connectivity index (χ1v) is 6.85. The van der Waals surface area contributed by atoms with Gasteiger partial charge in [-0.25, -0.2) is 4.79 Å². The average molecular weight is 359 g/mol. The van der Waals surface area contributed by atoms with Crippen molar-refractivity contribution in [3.63, 3.8) is 0 Å². The number of carbonyl (C=O) groups is 1. The fourth-order valence-corrected chi connectivity index (χ4v) is 1.90. The lowest BCUT2D eigenvalue weighted by atomic mass is 10.1. The van der Waals surface area contributed by atoms with Crippen molar-refractivity contribution in [2.75, 3.05) is 13.1 Å². The van der Waals surface area contributed by atoms with Gasteiger partial charge in [0.1, 0.15) is 11.9 Å². The summed E-state index contributed by atoms with van der Waals surface area (Å²) in [5, 5.41) is 10.3. The Morgan fingerprint density at radius 3 is 2.04 bits per heavy atom. The van der Waals surface area contributed by atoms with Crippen molar-refractivity contribution < 1.29 is 41.0 Å². The van der Waals surface area contributed by atoms with Gasteiger partial charge in [0.15, 0.2) is 0 Å². The second kappa shape index (κ2) is 8.22. The average Bonchev–Trinajstić information content (AvgIpc) is 2.47. The SMILES string of the molecule is FC(F)(F)c1ccccc1OC1CCNCC1.O=C(O)C(F)(F)F. The third kappa shape index (κ3) is 6.65. The minimum Gasteiger partial charge on any atom is -0.490 e. The lowest BCUT2D eigenvalue weighted by Crippen LogP contribution is -2.34. The van der Waals surface area contributed by atoms with Crippen LogP contribution in [-0.4, -0.2) is 36.4 Å². The van der Waals surface area contributed by atoms with Gasteiger partial charge in [-0.05, 0) is 38.1 Å². The molecule has 2 rings (SSSR count). The number of hydrogen-bond acceptors (Lipinski definition) is 3. The van der Waals surface area contributed by atoms with Crippen LogP contribution in [0, 0.1) is 0 Å². The van der Waals surface area contributed by atoms with Gasteiger partial charge in [-0.15, -0.1) is 0 Å². The second-order valence-corrected chi connectivity index (χ2v) is 4.86. The zero-order chi connectivity index (χ0) is 18.4. The van der Waals surface area contributed by atoms with Crippen LogP contribution in [0.4, 0.5) is 26.3 Å². The van der Waals surface area contributed by atoms with E-state index in [2.05, 4.69) is 5.32 Å². The summed E-state index contributed by atoms with van der Waals surface area (Å²) < 4.78 is 75.3. The highest BCUT2D eigenvalue weighted by molar-refractivity contribution is 5.73. The molecule has 1 aliphatic rings. The number of para-hydroxylation sites is 1. The van der Waals surface area contributed by atoms with E-state index in [4.69, 9.17) is 14.6 Å². The largest absolute Gasteiger partial charge is 0.490 e. The number of piperidine rings is 1. The monoisotopic (exact) mass is 359 g/mol. The number of alkyl halides is 6. The van der Waals surface area contributed by atoms with Crippen molar-refractivity contribution in [1.29, 1.82) is 0 Å². The van der Waals surface area contributed by atoms with Gasteiger partial charge in [0, 0.05) is 0 Å². The molecule has 0 bridgehead atoms. The summed E-state index contributed by atoms with van der Waals surface area (Å²) in [6.07, 6.45) is -8.08. The number of aliphatic carboxylic acids is 1. The summed E-state index contributed by atoms with van der Waals surface area (Å²) in [5.41, 5.74) is -0.696. The molecule has 24 heavy (non-hydrogen) atoms. The van der Waals surface area contributed by atoms with Crippen LogP contribution in [0.15, 0.2) is 24.3 Å². The van der Waals surface area contributed by atoms with Crippen molar-refractivity contribution >= 4 is 5.97 Å². The topological polar surface area (TPSA) is 58.6 Å². The summed E-state index contributed by atoms with van der Waals surface area (Å²) in [4.78, 5) is 8.90. The highest BCUT2D eigenvalue weighted by Crippen LogP contribution is 2.36. The van der Waals surface area contributed by atoms with Crippen molar-refractivity contribution in [2.24, 2.45) is 0 Å². The Labute approximate surface area is 133 Å².